The van der Waals surface area contributed by atoms with Gasteiger partial charge in [0.25, 0.3) is 0 Å². The molecule has 0 radical (unpaired) electrons. The highest BCUT2D eigenvalue weighted by Crippen LogP contribution is 2.27. The molecule has 0 aromatic carbocycles. The molecule has 0 aromatic rings. The first-order valence-corrected chi connectivity index (χ1v) is 7.03. The van der Waals surface area contributed by atoms with Crippen LogP contribution in [0.3, 0.4) is 0 Å². The van der Waals surface area contributed by atoms with Crippen LogP contribution >= 0.6 is 0 Å². The van der Waals surface area contributed by atoms with Crippen LogP contribution in [0, 0.1) is 11.3 Å². The number of aliphatic hydroxyl groups is 1. The molecule has 1 N–H and O–H groups in total. The smallest absolute Gasteiger partial charge is 0.0506 e. The lowest BCUT2D eigenvalue weighted by Gasteiger charge is -2.36. The van der Waals surface area contributed by atoms with E-state index in [1.165, 1.54) is 12.8 Å². The van der Waals surface area contributed by atoms with Crippen LogP contribution in [0.15, 0.2) is 0 Å². The molecule has 17 heavy (non-hydrogen) atoms. The zero-order valence-electron chi connectivity index (χ0n) is 11.7. The Labute approximate surface area is 106 Å². The molecule has 1 aliphatic heterocycles. The monoisotopic (exact) mass is 243 g/mol. The van der Waals surface area contributed by atoms with Crippen LogP contribution < -0.4 is 0 Å². The maximum Gasteiger partial charge on any atom is 0.0506 e. The van der Waals surface area contributed by atoms with Crippen molar-refractivity contribution in [3.63, 3.8) is 0 Å². The van der Waals surface area contributed by atoms with Crippen LogP contribution in [0.25, 0.3) is 0 Å². The van der Waals surface area contributed by atoms with Gasteiger partial charge in [-0.05, 0) is 38.6 Å². The van der Waals surface area contributed by atoms with E-state index in [0.29, 0.717) is 12.5 Å². The van der Waals surface area contributed by atoms with Gasteiger partial charge in [-0.1, -0.05) is 13.8 Å². The number of hydrogen-bond donors (Lipinski definition) is 1. The zero-order valence-corrected chi connectivity index (χ0v) is 11.7. The first-order valence-electron chi connectivity index (χ1n) is 7.03. The summed E-state index contributed by atoms with van der Waals surface area (Å²) in [5.41, 5.74) is 0.0876. The minimum atomic E-state index is 0.0876. The Kier molecular flexibility index (Phi) is 6.45. The van der Waals surface area contributed by atoms with Crippen molar-refractivity contribution in [2.75, 3.05) is 40.0 Å². The Hall–Kier alpha value is -0.120. The predicted octanol–water partition coefficient (Wildman–Crippen LogP) is 2.14. The molecule has 1 fully saturated rings. The molecular formula is C14H29NO2. The zero-order chi connectivity index (χ0) is 12.7. The number of ether oxygens (including phenoxy) is 1. The minimum Gasteiger partial charge on any atom is -0.396 e. The molecule has 0 amide bonds. The van der Waals surface area contributed by atoms with E-state index in [2.05, 4.69) is 25.8 Å². The molecule has 1 unspecified atom stereocenters. The van der Waals surface area contributed by atoms with Gasteiger partial charge in [-0.15, -0.1) is 0 Å². The molecule has 0 aromatic heterocycles. The fourth-order valence-corrected chi connectivity index (χ4v) is 2.78. The van der Waals surface area contributed by atoms with Crippen LogP contribution in [-0.4, -0.2) is 50.0 Å². The van der Waals surface area contributed by atoms with Crippen molar-refractivity contribution in [1.82, 2.24) is 4.90 Å². The van der Waals surface area contributed by atoms with Crippen molar-refractivity contribution in [2.45, 2.75) is 39.5 Å². The van der Waals surface area contributed by atoms with E-state index < -0.39 is 0 Å². The van der Waals surface area contributed by atoms with Crippen LogP contribution in [0.1, 0.15) is 39.5 Å². The number of aliphatic hydroxyl groups excluding tert-OH is 1. The highest BCUT2D eigenvalue weighted by Gasteiger charge is 2.28. The summed E-state index contributed by atoms with van der Waals surface area (Å²) < 4.78 is 5.52. The van der Waals surface area contributed by atoms with Gasteiger partial charge in [0, 0.05) is 31.7 Å². The van der Waals surface area contributed by atoms with Crippen LogP contribution in [0.2, 0.25) is 0 Å². The van der Waals surface area contributed by atoms with Gasteiger partial charge < -0.3 is 14.7 Å². The summed E-state index contributed by atoms with van der Waals surface area (Å²) in [6.07, 6.45) is 4.58. The van der Waals surface area contributed by atoms with Crippen molar-refractivity contribution in [3.05, 3.63) is 0 Å². The van der Waals surface area contributed by atoms with Gasteiger partial charge >= 0.3 is 0 Å². The Balaban J connectivity index is 2.38. The van der Waals surface area contributed by atoms with Gasteiger partial charge in [-0.2, -0.15) is 0 Å². The second-order valence-corrected chi connectivity index (χ2v) is 5.65. The van der Waals surface area contributed by atoms with E-state index in [1.807, 2.05) is 0 Å². The molecule has 1 heterocycles. The lowest BCUT2D eigenvalue weighted by atomic mass is 9.82. The summed E-state index contributed by atoms with van der Waals surface area (Å²) in [6.45, 7) is 8.59. The lowest BCUT2D eigenvalue weighted by molar-refractivity contribution is 0.0254. The van der Waals surface area contributed by atoms with E-state index >= 15 is 0 Å². The molecule has 3 nitrogen and oxygen atoms in total. The first kappa shape index (κ1) is 14.9. The van der Waals surface area contributed by atoms with E-state index in [0.717, 1.165) is 39.1 Å². The van der Waals surface area contributed by atoms with Gasteiger partial charge in [0.05, 0.1) is 6.61 Å². The van der Waals surface area contributed by atoms with E-state index in [1.54, 1.807) is 0 Å². The van der Waals surface area contributed by atoms with Gasteiger partial charge in [0.2, 0.25) is 0 Å². The second-order valence-electron chi connectivity index (χ2n) is 5.65. The molecular weight excluding hydrogens is 214 g/mol. The van der Waals surface area contributed by atoms with Crippen LogP contribution in [0.4, 0.5) is 0 Å². The lowest BCUT2D eigenvalue weighted by Crippen LogP contribution is -2.40. The summed E-state index contributed by atoms with van der Waals surface area (Å²) in [7, 11) is 2.17. The van der Waals surface area contributed by atoms with E-state index in [-0.39, 0.29) is 5.41 Å². The molecule has 0 saturated carbocycles. The number of hydrogen-bond acceptors (Lipinski definition) is 3. The largest absolute Gasteiger partial charge is 0.396 e. The van der Waals surface area contributed by atoms with Gasteiger partial charge in [0.1, 0.15) is 0 Å². The van der Waals surface area contributed by atoms with Crippen molar-refractivity contribution in [3.8, 4) is 0 Å². The van der Waals surface area contributed by atoms with Crippen molar-refractivity contribution in [1.29, 1.82) is 0 Å². The molecule has 1 atom stereocenters. The number of nitrogens with zero attached hydrogens (tertiary/aromatic N) is 1. The maximum atomic E-state index is 9.58. The van der Waals surface area contributed by atoms with Crippen molar-refractivity contribution < 1.29 is 9.84 Å². The summed E-state index contributed by atoms with van der Waals surface area (Å²) >= 11 is 0. The molecule has 102 valence electrons. The molecule has 3 heteroatoms. The van der Waals surface area contributed by atoms with Crippen LogP contribution in [-0.2, 0) is 4.74 Å². The Morgan fingerprint density at radius 3 is 2.53 bits per heavy atom. The molecule has 1 saturated heterocycles. The highest BCUT2D eigenvalue weighted by atomic mass is 16.5. The van der Waals surface area contributed by atoms with Crippen molar-refractivity contribution in [2.24, 2.45) is 11.3 Å². The normalized spacial score (nSPS) is 22.1. The first-order chi connectivity index (χ1) is 8.15. The van der Waals surface area contributed by atoms with Gasteiger partial charge in [-0.3, -0.25) is 0 Å². The average molecular weight is 243 g/mol. The molecule has 0 bridgehead atoms. The predicted molar refractivity (Wildman–Crippen MR) is 71.1 cm³/mol. The van der Waals surface area contributed by atoms with E-state index in [9.17, 15) is 5.11 Å². The Morgan fingerprint density at radius 1 is 1.35 bits per heavy atom. The summed E-state index contributed by atoms with van der Waals surface area (Å²) in [6, 6.07) is 0. The molecule has 0 spiro atoms. The van der Waals surface area contributed by atoms with Gasteiger partial charge in [0.15, 0.2) is 0 Å². The third-order valence-corrected chi connectivity index (χ3v) is 4.27. The third-order valence-electron chi connectivity index (χ3n) is 4.27. The van der Waals surface area contributed by atoms with E-state index in [4.69, 9.17) is 4.74 Å². The fourth-order valence-electron chi connectivity index (χ4n) is 2.78. The fraction of sp³-hybridized carbons (Fsp3) is 1.00. The number of rotatable bonds is 7. The molecule has 0 aliphatic carbocycles. The summed E-state index contributed by atoms with van der Waals surface area (Å²) in [5, 5.41) is 9.58. The SMILES string of the molecule is CCC(CC)(CO)CN(C)CC1CCCOC1. The van der Waals surface area contributed by atoms with Gasteiger partial charge in [-0.25, -0.2) is 0 Å². The highest BCUT2D eigenvalue weighted by molar-refractivity contribution is 4.80. The Morgan fingerprint density at radius 2 is 2.06 bits per heavy atom. The van der Waals surface area contributed by atoms with Crippen molar-refractivity contribution >= 4 is 0 Å². The molecule has 1 rings (SSSR count). The summed E-state index contributed by atoms with van der Waals surface area (Å²) in [5.74, 6) is 0.679. The standard InChI is InChI=1S/C14H29NO2/c1-4-14(5-2,12-16)11-15(3)9-13-7-6-8-17-10-13/h13,16H,4-12H2,1-3H3. The maximum absolute atomic E-state index is 9.58. The van der Waals surface area contributed by atoms with Crippen LogP contribution in [0.5, 0.6) is 0 Å². The molecule has 1 aliphatic rings. The minimum absolute atomic E-state index is 0.0876. The second kappa shape index (κ2) is 7.34. The third kappa shape index (κ3) is 4.57. The topological polar surface area (TPSA) is 32.7 Å². The quantitative estimate of drug-likeness (QED) is 0.743. The Bertz CT molecular complexity index is 190. The average Bonchev–Trinajstić information content (AvgIpc) is 2.37. The summed E-state index contributed by atoms with van der Waals surface area (Å²) in [4.78, 5) is 2.38.